The first-order valence-corrected chi connectivity index (χ1v) is 20.1. The van der Waals surface area contributed by atoms with Gasteiger partial charge in [0.2, 0.25) is 0 Å². The quantitative estimate of drug-likeness (QED) is 0.349. The summed E-state index contributed by atoms with van der Waals surface area (Å²) in [5.41, 5.74) is 0. The molecule has 4 aromatic carbocycles. The summed E-state index contributed by atoms with van der Waals surface area (Å²) in [6.45, 7) is 0. The average Bonchev–Trinajstić information content (AvgIpc) is 2.80. The summed E-state index contributed by atoms with van der Waals surface area (Å²) in [5.74, 6) is 0.868. The summed E-state index contributed by atoms with van der Waals surface area (Å²) < 4.78 is 10.8. The molecule has 0 aromatic heterocycles. The van der Waals surface area contributed by atoms with Crippen LogP contribution in [0.15, 0.2) is 115 Å². The van der Waals surface area contributed by atoms with E-state index in [2.05, 4.69) is 128 Å². The standard InChI is InChI=1S/C7H7O.3C6H5.BrH.Sb/c1-8-7-5-3-2-4-6-7;3*1-2-4-6-5-3-1;;/h3-6H,1H3;3*1-5H;1H;/q;;;;;+1/p-1. The van der Waals surface area contributed by atoms with Crippen molar-refractivity contribution < 1.29 is 4.74 Å². The van der Waals surface area contributed by atoms with Gasteiger partial charge in [-0.05, 0) is 0 Å². The van der Waals surface area contributed by atoms with E-state index in [-0.39, 0.29) is 0 Å². The van der Waals surface area contributed by atoms with Crippen molar-refractivity contribution in [3.8, 4) is 5.75 Å². The number of ether oxygens (including phenoxy) is 1. The van der Waals surface area contributed by atoms with Gasteiger partial charge in [-0.15, -0.1) is 0 Å². The predicted molar refractivity (Wildman–Crippen MR) is 126 cm³/mol. The van der Waals surface area contributed by atoms with Gasteiger partial charge in [0.1, 0.15) is 0 Å². The van der Waals surface area contributed by atoms with Gasteiger partial charge < -0.3 is 0 Å². The molecule has 4 aromatic rings. The Morgan fingerprint density at radius 3 is 1.14 bits per heavy atom. The molecule has 0 bridgehead atoms. The molecule has 3 heteroatoms. The molecule has 0 N–H and O–H groups in total. The van der Waals surface area contributed by atoms with Gasteiger partial charge in [-0.25, -0.2) is 0 Å². The number of hydrogen-bond donors (Lipinski definition) is 0. The van der Waals surface area contributed by atoms with Gasteiger partial charge in [-0.2, -0.15) is 0 Å². The van der Waals surface area contributed by atoms with E-state index in [1.807, 2.05) is 0 Å². The van der Waals surface area contributed by atoms with Gasteiger partial charge in [0.15, 0.2) is 0 Å². The van der Waals surface area contributed by atoms with Crippen molar-refractivity contribution in [1.82, 2.24) is 0 Å². The Labute approximate surface area is 173 Å². The van der Waals surface area contributed by atoms with E-state index < -0.39 is 15.1 Å². The number of hydrogen-bond acceptors (Lipinski definition) is 1. The predicted octanol–water partition coefficient (Wildman–Crippen LogP) is 3.92. The molecule has 0 aliphatic rings. The van der Waals surface area contributed by atoms with Crippen LogP contribution in [0.2, 0.25) is 0 Å². The van der Waals surface area contributed by atoms with Crippen molar-refractivity contribution in [1.29, 1.82) is 0 Å². The number of rotatable bonds is 5. The van der Waals surface area contributed by atoms with Crippen molar-refractivity contribution in [2.75, 3.05) is 7.11 Å². The van der Waals surface area contributed by atoms with E-state index >= 15 is 0 Å². The van der Waals surface area contributed by atoms with Crippen LogP contribution < -0.4 is 18.8 Å². The number of benzene rings is 4. The van der Waals surface area contributed by atoms with Crippen LogP contribution in [0.3, 0.4) is 0 Å². The molecule has 0 saturated heterocycles. The van der Waals surface area contributed by atoms with Crippen LogP contribution in [0.4, 0.5) is 0 Å². The summed E-state index contributed by atoms with van der Waals surface area (Å²) in [4.78, 5) is 0. The summed E-state index contributed by atoms with van der Waals surface area (Å²) >= 11 is 0.341. The fraction of sp³-hybridized carbons (Fsp3) is 0.0400. The molecule has 0 heterocycles. The van der Waals surface area contributed by atoms with Crippen LogP contribution in [0.1, 0.15) is 0 Å². The van der Waals surface area contributed by atoms with Crippen LogP contribution in [-0.2, 0) is 0 Å². The normalized spacial score (nSPS) is 12.7. The van der Waals surface area contributed by atoms with Gasteiger partial charge in [-0.1, -0.05) is 0 Å². The monoisotopic (exact) mass is 538 g/mol. The maximum atomic E-state index is 5.44. The topological polar surface area (TPSA) is 9.23 Å². The molecular weight excluding hydrogens is 518 g/mol. The van der Waals surface area contributed by atoms with Gasteiger partial charge in [0.05, 0.1) is 0 Å². The Kier molecular flexibility index (Phi) is 5.36. The second kappa shape index (κ2) is 7.77. The van der Waals surface area contributed by atoms with Crippen molar-refractivity contribution in [2.24, 2.45) is 0 Å². The van der Waals surface area contributed by atoms with Gasteiger partial charge in [0.25, 0.3) is 0 Å². The van der Waals surface area contributed by atoms with Crippen LogP contribution in [0.5, 0.6) is 5.75 Å². The fourth-order valence-corrected chi connectivity index (χ4v) is 23.6. The first-order chi connectivity index (χ1) is 13.7. The summed E-state index contributed by atoms with van der Waals surface area (Å²) in [6.07, 6.45) is 0. The molecule has 4 rings (SSSR count). The second-order valence-corrected chi connectivity index (χ2v) is 27.9. The van der Waals surface area contributed by atoms with Crippen molar-refractivity contribution in [2.45, 2.75) is 0 Å². The van der Waals surface area contributed by atoms with Gasteiger partial charge in [0, 0.05) is 0 Å². The Morgan fingerprint density at radius 1 is 0.500 bits per heavy atom. The van der Waals surface area contributed by atoms with E-state index in [0.717, 1.165) is 5.75 Å². The zero-order chi connectivity index (χ0) is 19.5. The molecular formula is C25H22BrOSb. The number of halogens is 1. The van der Waals surface area contributed by atoms with Crippen LogP contribution in [0.25, 0.3) is 0 Å². The van der Waals surface area contributed by atoms with Gasteiger partial charge in [-0.3, -0.25) is 0 Å². The first-order valence-electron chi connectivity index (χ1n) is 9.23. The third-order valence-electron chi connectivity index (χ3n) is 5.28. The summed E-state index contributed by atoms with van der Waals surface area (Å²) in [7, 11) is 1.71. The van der Waals surface area contributed by atoms with E-state index in [1.54, 1.807) is 7.11 Å². The molecule has 28 heavy (non-hydrogen) atoms. The number of methoxy groups -OCH3 is 1. The third kappa shape index (κ3) is 2.91. The molecule has 0 amide bonds. The molecule has 0 atom stereocenters. The Bertz CT molecular complexity index is 949. The van der Waals surface area contributed by atoms with Crippen LogP contribution in [0, 0.1) is 0 Å². The molecule has 0 spiro atoms. The van der Waals surface area contributed by atoms with Crippen molar-refractivity contribution in [3.63, 3.8) is 0 Å². The third-order valence-corrected chi connectivity index (χ3v) is 30.7. The van der Waals surface area contributed by atoms with Crippen LogP contribution in [-0.4, -0.2) is 22.3 Å². The van der Waals surface area contributed by atoms with Crippen molar-refractivity contribution in [3.05, 3.63) is 115 Å². The van der Waals surface area contributed by atoms with E-state index in [4.69, 9.17) is 4.74 Å². The van der Waals surface area contributed by atoms with E-state index in [1.165, 1.54) is 14.0 Å². The Morgan fingerprint density at radius 2 is 0.821 bits per heavy atom. The molecule has 0 aliphatic heterocycles. The van der Waals surface area contributed by atoms with Gasteiger partial charge >= 0.3 is 175 Å². The zero-order valence-electron chi connectivity index (χ0n) is 15.7. The Hall–Kier alpha value is -2.02. The summed E-state index contributed by atoms with van der Waals surface area (Å²) in [5, 5.41) is 0. The maximum absolute atomic E-state index is 5.44. The van der Waals surface area contributed by atoms with E-state index in [0.29, 0.717) is 0 Å². The SMILES string of the molecule is COc1cc[c]([Sb]([Br])([c]2ccccc2)([c]2ccccc2)[c]2ccccc2)cc1. The molecule has 140 valence electrons. The molecule has 0 fully saturated rings. The second-order valence-electron chi connectivity index (χ2n) is 6.71. The van der Waals surface area contributed by atoms with E-state index in [9.17, 15) is 0 Å². The molecule has 0 unspecified atom stereocenters. The molecule has 1 nitrogen and oxygen atoms in total. The molecule has 0 aliphatic carbocycles. The zero-order valence-corrected chi connectivity index (χ0v) is 19.8. The molecule has 0 saturated carbocycles. The molecule has 0 radical (unpaired) electrons. The van der Waals surface area contributed by atoms with Crippen molar-refractivity contribution >= 4 is 41.8 Å². The Balaban J connectivity index is 2.18. The van der Waals surface area contributed by atoms with Crippen LogP contribution >= 0.6 is 12.6 Å². The fourth-order valence-electron chi connectivity index (χ4n) is 3.88. The summed E-state index contributed by atoms with van der Waals surface area (Å²) in [6, 6.07) is 41.2. The minimum absolute atomic E-state index is 0.868. The average molecular weight is 540 g/mol. The first kappa shape index (κ1) is 19.3. The minimum atomic E-state index is -4.19.